The maximum atomic E-state index is 13.2. The molecule has 0 spiro atoms. The lowest BCUT2D eigenvalue weighted by Gasteiger charge is -2.34. The predicted molar refractivity (Wildman–Crippen MR) is 122 cm³/mol. The van der Waals surface area contributed by atoms with Crippen LogP contribution in [0, 0.1) is 11.7 Å². The highest BCUT2D eigenvalue weighted by Gasteiger charge is 2.30. The van der Waals surface area contributed by atoms with Crippen molar-refractivity contribution in [3.63, 3.8) is 0 Å². The molecule has 33 heavy (non-hydrogen) atoms. The summed E-state index contributed by atoms with van der Waals surface area (Å²) in [6.45, 7) is 3.30. The number of nitrogens with zero attached hydrogens (tertiary/aromatic N) is 4. The van der Waals surface area contributed by atoms with E-state index in [1.165, 1.54) is 18.6 Å². The zero-order valence-corrected chi connectivity index (χ0v) is 18.7. The van der Waals surface area contributed by atoms with Crippen molar-refractivity contribution < 1.29 is 13.7 Å². The molecule has 0 radical (unpaired) electrons. The van der Waals surface area contributed by atoms with Gasteiger partial charge in [-0.1, -0.05) is 23.7 Å². The minimum absolute atomic E-state index is 0.000775. The van der Waals surface area contributed by atoms with E-state index in [9.17, 15) is 9.18 Å². The first-order valence-electron chi connectivity index (χ1n) is 11.7. The summed E-state index contributed by atoms with van der Waals surface area (Å²) < 4.78 is 18.7. The Bertz CT molecular complexity index is 1110. The van der Waals surface area contributed by atoms with Gasteiger partial charge >= 0.3 is 0 Å². The van der Waals surface area contributed by atoms with Crippen molar-refractivity contribution in [3.05, 3.63) is 59.9 Å². The molecular weight excluding hydrogens is 421 g/mol. The second-order valence-corrected chi connectivity index (χ2v) is 9.03. The van der Waals surface area contributed by atoms with Gasteiger partial charge in [-0.25, -0.2) is 9.37 Å². The summed E-state index contributed by atoms with van der Waals surface area (Å²) in [6.07, 6.45) is 6.86. The molecular formula is C25H28FN5O2. The Morgan fingerprint density at radius 1 is 1.18 bits per heavy atom. The van der Waals surface area contributed by atoms with Crippen molar-refractivity contribution in [2.75, 3.05) is 18.0 Å². The maximum Gasteiger partial charge on any atom is 0.230 e. The second-order valence-electron chi connectivity index (χ2n) is 9.03. The molecule has 1 aromatic carbocycles. The lowest BCUT2D eigenvalue weighted by Crippen LogP contribution is -2.44. The maximum absolute atomic E-state index is 13.2. The van der Waals surface area contributed by atoms with Crippen LogP contribution in [0.15, 0.2) is 47.1 Å². The Kier molecular flexibility index (Phi) is 6.07. The molecule has 7 nitrogen and oxygen atoms in total. The number of amides is 1. The van der Waals surface area contributed by atoms with E-state index in [2.05, 4.69) is 25.3 Å². The molecule has 1 saturated carbocycles. The van der Waals surface area contributed by atoms with Gasteiger partial charge in [0.05, 0.1) is 17.5 Å². The predicted octanol–water partition coefficient (Wildman–Crippen LogP) is 4.63. The molecule has 0 bridgehead atoms. The highest BCUT2D eigenvalue weighted by Crippen LogP contribution is 2.37. The van der Waals surface area contributed by atoms with E-state index in [1.807, 2.05) is 19.1 Å². The van der Waals surface area contributed by atoms with E-state index in [4.69, 9.17) is 4.52 Å². The third kappa shape index (κ3) is 4.60. The number of carbonyl (C=O) groups excluding carboxylic acids is 1. The first-order chi connectivity index (χ1) is 16.1. The molecule has 3 heterocycles. The van der Waals surface area contributed by atoms with Gasteiger partial charge in [0.25, 0.3) is 0 Å². The first kappa shape index (κ1) is 21.6. The Morgan fingerprint density at radius 3 is 2.76 bits per heavy atom. The summed E-state index contributed by atoms with van der Waals surface area (Å²) in [5.41, 5.74) is 1.70. The fraction of sp³-hybridized carbons (Fsp3) is 0.440. The average Bonchev–Trinajstić information content (AvgIpc) is 3.27. The number of pyridine rings is 1. The van der Waals surface area contributed by atoms with Gasteiger partial charge in [-0.05, 0) is 62.4 Å². The van der Waals surface area contributed by atoms with Crippen molar-refractivity contribution in [2.45, 2.75) is 51.0 Å². The van der Waals surface area contributed by atoms with E-state index in [0.29, 0.717) is 24.2 Å². The SMILES string of the molecule is CC(NC(=O)C1CCCN(c2ncccc2-c2noc(C3CCC3)n2)C1)c1ccc(F)cc1. The lowest BCUT2D eigenvalue weighted by atomic mass is 9.85. The van der Waals surface area contributed by atoms with Crippen LogP contribution < -0.4 is 10.2 Å². The Hall–Kier alpha value is -3.29. The number of carbonyl (C=O) groups is 1. The van der Waals surface area contributed by atoms with Crippen molar-refractivity contribution in [3.8, 4) is 11.4 Å². The van der Waals surface area contributed by atoms with Crippen molar-refractivity contribution in [1.29, 1.82) is 0 Å². The van der Waals surface area contributed by atoms with E-state index >= 15 is 0 Å². The Morgan fingerprint density at radius 2 is 2.00 bits per heavy atom. The molecule has 1 saturated heterocycles. The van der Waals surface area contributed by atoms with Crippen molar-refractivity contribution in [2.24, 2.45) is 5.92 Å². The number of halogens is 1. The monoisotopic (exact) mass is 449 g/mol. The van der Waals surface area contributed by atoms with Crippen LogP contribution in [-0.2, 0) is 4.79 Å². The Labute approximate surface area is 192 Å². The third-order valence-corrected chi connectivity index (χ3v) is 6.74. The molecule has 1 amide bonds. The van der Waals surface area contributed by atoms with Crippen LogP contribution in [0.2, 0.25) is 0 Å². The van der Waals surface area contributed by atoms with E-state index in [1.54, 1.807) is 18.3 Å². The van der Waals surface area contributed by atoms with Gasteiger partial charge in [0.2, 0.25) is 17.6 Å². The molecule has 2 fully saturated rings. The molecule has 172 valence electrons. The van der Waals surface area contributed by atoms with Gasteiger partial charge in [-0.2, -0.15) is 4.98 Å². The number of aromatic nitrogens is 3. The summed E-state index contributed by atoms with van der Waals surface area (Å²) in [6, 6.07) is 9.87. The molecule has 5 rings (SSSR count). The van der Waals surface area contributed by atoms with Crippen LogP contribution in [0.25, 0.3) is 11.4 Å². The smallest absolute Gasteiger partial charge is 0.230 e. The third-order valence-electron chi connectivity index (χ3n) is 6.74. The number of piperidine rings is 1. The van der Waals surface area contributed by atoms with Crippen LogP contribution in [-0.4, -0.2) is 34.1 Å². The van der Waals surface area contributed by atoms with E-state index < -0.39 is 0 Å². The van der Waals surface area contributed by atoms with Gasteiger partial charge in [0, 0.05) is 25.2 Å². The minimum Gasteiger partial charge on any atom is -0.355 e. The largest absolute Gasteiger partial charge is 0.355 e. The highest BCUT2D eigenvalue weighted by atomic mass is 19.1. The Balaban J connectivity index is 1.29. The summed E-state index contributed by atoms with van der Waals surface area (Å²) in [7, 11) is 0. The highest BCUT2D eigenvalue weighted by molar-refractivity contribution is 5.80. The van der Waals surface area contributed by atoms with Gasteiger partial charge in [-0.3, -0.25) is 4.79 Å². The molecule has 3 aromatic rings. The fourth-order valence-corrected chi connectivity index (χ4v) is 4.54. The number of hydrogen-bond acceptors (Lipinski definition) is 6. The fourth-order valence-electron chi connectivity index (χ4n) is 4.54. The summed E-state index contributed by atoms with van der Waals surface area (Å²) in [5.74, 6) is 1.97. The topological polar surface area (TPSA) is 84.2 Å². The molecule has 2 aromatic heterocycles. The van der Waals surface area contributed by atoms with Crippen molar-refractivity contribution in [1.82, 2.24) is 20.4 Å². The summed E-state index contributed by atoms with van der Waals surface area (Å²) in [5, 5.41) is 7.30. The van der Waals surface area contributed by atoms with Gasteiger partial charge in [-0.15, -0.1) is 0 Å². The summed E-state index contributed by atoms with van der Waals surface area (Å²) in [4.78, 5) is 24.4. The molecule has 8 heteroatoms. The van der Waals surface area contributed by atoms with Crippen LogP contribution in [0.3, 0.4) is 0 Å². The standard InChI is InChI=1S/C25H28FN5O2/c1-16(17-9-11-20(26)12-10-17)28-24(32)19-7-4-14-31(15-19)23-21(8-3-13-27-23)22-29-25(33-30-22)18-5-2-6-18/h3,8-13,16,18-19H,2,4-7,14-15H2,1H3,(H,28,32). The lowest BCUT2D eigenvalue weighted by molar-refractivity contribution is -0.125. The number of rotatable bonds is 6. The van der Waals surface area contributed by atoms with Gasteiger partial charge in [0.1, 0.15) is 11.6 Å². The van der Waals surface area contributed by atoms with Crippen LogP contribution in [0.5, 0.6) is 0 Å². The van der Waals surface area contributed by atoms with Crippen LogP contribution >= 0.6 is 0 Å². The van der Waals surface area contributed by atoms with E-state index in [0.717, 1.165) is 49.2 Å². The molecule has 2 unspecified atom stereocenters. The number of nitrogens with one attached hydrogen (secondary N) is 1. The second kappa shape index (κ2) is 9.29. The first-order valence-corrected chi connectivity index (χ1v) is 11.7. The zero-order valence-electron chi connectivity index (χ0n) is 18.7. The molecule has 2 atom stereocenters. The number of benzene rings is 1. The molecule has 2 aliphatic rings. The molecule has 1 aliphatic heterocycles. The zero-order chi connectivity index (χ0) is 22.8. The molecule has 1 N–H and O–H groups in total. The van der Waals surface area contributed by atoms with Gasteiger partial charge in [0.15, 0.2) is 0 Å². The quantitative estimate of drug-likeness (QED) is 0.591. The number of hydrogen-bond donors (Lipinski definition) is 1. The minimum atomic E-state index is -0.284. The van der Waals surface area contributed by atoms with Crippen LogP contribution in [0.4, 0.5) is 10.2 Å². The number of anilines is 1. The van der Waals surface area contributed by atoms with Gasteiger partial charge < -0.3 is 14.7 Å². The van der Waals surface area contributed by atoms with Crippen LogP contribution in [0.1, 0.15) is 62.4 Å². The van der Waals surface area contributed by atoms with E-state index in [-0.39, 0.29) is 23.7 Å². The molecule has 1 aliphatic carbocycles. The normalized spacial score (nSPS) is 19.7. The summed E-state index contributed by atoms with van der Waals surface area (Å²) >= 11 is 0. The average molecular weight is 450 g/mol. The van der Waals surface area contributed by atoms with Crippen molar-refractivity contribution >= 4 is 11.7 Å².